The van der Waals surface area contributed by atoms with Crippen LogP contribution in [0.2, 0.25) is 0 Å². The predicted molar refractivity (Wildman–Crippen MR) is 145 cm³/mol. The van der Waals surface area contributed by atoms with Gasteiger partial charge in [-0.25, -0.2) is 9.59 Å². The number of nitrogens with zero attached hydrogens (tertiary/aromatic N) is 3. The monoisotopic (exact) mass is 528 g/mol. The Kier molecular flexibility index (Phi) is 8.35. The molecular formula is C30H32N4O5. The fourth-order valence-electron chi connectivity index (χ4n) is 5.40. The van der Waals surface area contributed by atoms with Gasteiger partial charge in [0.2, 0.25) is 0 Å². The first-order chi connectivity index (χ1) is 18.8. The molecule has 2 N–H and O–H groups in total. The van der Waals surface area contributed by atoms with Crippen LogP contribution >= 0.6 is 0 Å². The van der Waals surface area contributed by atoms with Gasteiger partial charge in [0, 0.05) is 24.3 Å². The first kappa shape index (κ1) is 27.5. The van der Waals surface area contributed by atoms with Gasteiger partial charge in [-0.15, -0.1) is 0 Å². The average Bonchev–Trinajstić information content (AvgIpc) is 2.99. The van der Waals surface area contributed by atoms with E-state index in [1.807, 2.05) is 0 Å². The molecule has 39 heavy (non-hydrogen) atoms. The van der Waals surface area contributed by atoms with Crippen LogP contribution in [-0.4, -0.2) is 50.1 Å². The first-order valence-electron chi connectivity index (χ1n) is 12.9. The molecule has 0 bridgehead atoms. The average molecular weight is 529 g/mol. The number of allylic oxidation sites excluding steroid dienone is 1. The second kappa shape index (κ2) is 11.9. The van der Waals surface area contributed by atoms with Crippen molar-refractivity contribution in [3.63, 3.8) is 0 Å². The molecule has 0 saturated heterocycles. The Hall–Kier alpha value is -4.58. The number of benzene rings is 2. The number of ether oxygens (including phenoxy) is 2. The van der Waals surface area contributed by atoms with Crippen LogP contribution in [0.15, 0.2) is 77.3 Å². The van der Waals surface area contributed by atoms with Gasteiger partial charge >= 0.3 is 11.9 Å². The Morgan fingerprint density at radius 1 is 0.974 bits per heavy atom. The summed E-state index contributed by atoms with van der Waals surface area (Å²) in [6.07, 6.45) is 5.24. The molecule has 1 aliphatic heterocycles. The number of hydrogen-bond donors (Lipinski definition) is 1. The highest BCUT2D eigenvalue weighted by molar-refractivity contribution is 6.06. The van der Waals surface area contributed by atoms with E-state index < -0.39 is 17.9 Å². The molecule has 0 aromatic heterocycles. The quantitative estimate of drug-likeness (QED) is 0.558. The highest BCUT2D eigenvalue weighted by Gasteiger charge is 2.43. The minimum atomic E-state index is -0.962. The molecule has 2 aliphatic rings. The zero-order valence-electron chi connectivity index (χ0n) is 22.3. The van der Waals surface area contributed by atoms with Gasteiger partial charge in [-0.3, -0.25) is 9.69 Å². The van der Waals surface area contributed by atoms with Crippen LogP contribution in [0.25, 0.3) is 0 Å². The third-order valence-corrected chi connectivity index (χ3v) is 7.40. The van der Waals surface area contributed by atoms with Gasteiger partial charge in [0.05, 0.1) is 37.4 Å². The van der Waals surface area contributed by atoms with Gasteiger partial charge in [-0.2, -0.15) is 5.26 Å². The number of rotatable bonds is 6. The summed E-state index contributed by atoms with van der Waals surface area (Å²) in [5.74, 6) is -2.82. The molecule has 1 heterocycles. The maximum atomic E-state index is 13.4. The van der Waals surface area contributed by atoms with Crippen LogP contribution in [0.5, 0.6) is 0 Å². The summed E-state index contributed by atoms with van der Waals surface area (Å²) in [4.78, 5) is 43.0. The van der Waals surface area contributed by atoms with Crippen LogP contribution in [0.3, 0.4) is 0 Å². The van der Waals surface area contributed by atoms with E-state index in [0.29, 0.717) is 16.8 Å². The topological polar surface area (TPSA) is 126 Å². The number of amides is 1. The lowest BCUT2D eigenvalue weighted by atomic mass is 9.81. The highest BCUT2D eigenvalue weighted by Crippen LogP contribution is 2.43. The Morgan fingerprint density at radius 3 is 2.26 bits per heavy atom. The summed E-state index contributed by atoms with van der Waals surface area (Å²) in [6, 6.07) is 17.7. The molecule has 9 nitrogen and oxygen atoms in total. The zero-order chi connectivity index (χ0) is 28.1. The molecule has 9 heteroatoms. The van der Waals surface area contributed by atoms with Gasteiger partial charge in [-0.05, 0) is 36.6 Å². The molecule has 1 saturated carbocycles. The van der Waals surface area contributed by atoms with Crippen molar-refractivity contribution in [3.05, 3.63) is 88.4 Å². The summed E-state index contributed by atoms with van der Waals surface area (Å²) < 4.78 is 10.2. The van der Waals surface area contributed by atoms with Crippen molar-refractivity contribution in [2.75, 3.05) is 26.2 Å². The Balaban J connectivity index is 1.88. The van der Waals surface area contributed by atoms with Gasteiger partial charge in [0.15, 0.2) is 0 Å². The Morgan fingerprint density at radius 2 is 1.64 bits per heavy atom. The van der Waals surface area contributed by atoms with E-state index in [9.17, 15) is 19.6 Å². The number of anilines is 1. The molecule has 202 valence electrons. The number of hydrogen-bond acceptors (Lipinski definition) is 8. The molecule has 1 amide bonds. The lowest BCUT2D eigenvalue weighted by Crippen LogP contribution is -2.41. The first-order valence-corrected chi connectivity index (χ1v) is 12.9. The summed E-state index contributed by atoms with van der Waals surface area (Å²) in [5.41, 5.74) is 7.67. The number of esters is 2. The molecule has 1 fully saturated rings. The minimum Gasteiger partial charge on any atom is -0.466 e. The normalized spacial score (nSPS) is 17.9. The predicted octanol–water partition coefficient (Wildman–Crippen LogP) is 3.99. The second-order valence-electron chi connectivity index (χ2n) is 9.59. The number of nitrogens with two attached hydrogens (primary N) is 1. The molecule has 2 aromatic rings. The van der Waals surface area contributed by atoms with Crippen LogP contribution in [-0.2, 0) is 19.1 Å². The number of carbonyl (C=O) groups is 3. The van der Waals surface area contributed by atoms with Crippen LogP contribution in [0.1, 0.15) is 53.9 Å². The third kappa shape index (κ3) is 5.23. The SMILES string of the molecule is COC(=O)C1=C(C(=O)OC)N(c2cccc(C(=O)N(C)C3CCCCC3)c2)C(N)=C(C#N)C1c1ccccc1. The van der Waals surface area contributed by atoms with E-state index in [0.717, 1.165) is 25.7 Å². The zero-order valence-corrected chi connectivity index (χ0v) is 22.3. The van der Waals surface area contributed by atoms with Crippen LogP contribution in [0, 0.1) is 11.3 Å². The summed E-state index contributed by atoms with van der Waals surface area (Å²) in [6.45, 7) is 0. The lowest BCUT2D eigenvalue weighted by molar-refractivity contribution is -0.139. The van der Waals surface area contributed by atoms with Gasteiger partial charge in [0.1, 0.15) is 11.5 Å². The fraction of sp³-hybridized carbons (Fsp3) is 0.333. The Bertz CT molecular complexity index is 1370. The largest absolute Gasteiger partial charge is 0.466 e. The molecule has 1 atom stereocenters. The Labute approximate surface area is 228 Å². The van der Waals surface area contributed by atoms with Gasteiger partial charge < -0.3 is 20.1 Å². The molecule has 0 spiro atoms. The summed E-state index contributed by atoms with van der Waals surface area (Å²) in [7, 11) is 4.19. The molecule has 4 rings (SSSR count). The fourth-order valence-corrected chi connectivity index (χ4v) is 5.40. The standard InChI is InChI=1S/C30H32N4O5/c1-33(21-14-8-5-9-15-21)28(35)20-13-10-16-22(17-20)34-26(30(37)39-3)25(29(36)38-2)24(23(18-31)27(34)32)19-11-6-4-7-12-19/h4,6-7,10-13,16-17,21,24H,5,8-9,14-15,32H2,1-3H3. The van der Waals surface area contributed by atoms with E-state index in [4.69, 9.17) is 15.2 Å². The van der Waals surface area contributed by atoms with Gasteiger partial charge in [-0.1, -0.05) is 55.7 Å². The van der Waals surface area contributed by atoms with E-state index in [2.05, 4.69) is 6.07 Å². The highest BCUT2D eigenvalue weighted by atomic mass is 16.5. The lowest BCUT2D eigenvalue weighted by Gasteiger charge is -2.36. The van der Waals surface area contributed by atoms with E-state index in [1.165, 1.54) is 25.5 Å². The van der Waals surface area contributed by atoms with E-state index in [1.54, 1.807) is 66.5 Å². The number of methoxy groups -OCH3 is 2. The third-order valence-electron chi connectivity index (χ3n) is 7.40. The number of nitriles is 1. The second-order valence-corrected chi connectivity index (χ2v) is 9.59. The van der Waals surface area contributed by atoms with Crippen molar-refractivity contribution < 1.29 is 23.9 Å². The van der Waals surface area contributed by atoms with Crippen molar-refractivity contribution >= 4 is 23.5 Å². The summed E-state index contributed by atoms with van der Waals surface area (Å²) >= 11 is 0. The molecule has 0 radical (unpaired) electrons. The van der Waals surface area contributed by atoms with Crippen molar-refractivity contribution in [3.8, 4) is 6.07 Å². The van der Waals surface area contributed by atoms with Crippen LogP contribution in [0.4, 0.5) is 5.69 Å². The molecule has 2 aromatic carbocycles. The smallest absolute Gasteiger partial charge is 0.355 e. The summed E-state index contributed by atoms with van der Waals surface area (Å²) in [5, 5.41) is 10.2. The minimum absolute atomic E-state index is 0.0513. The molecular weight excluding hydrogens is 496 g/mol. The maximum absolute atomic E-state index is 13.4. The molecule has 1 unspecified atom stereocenters. The number of carbonyl (C=O) groups excluding carboxylic acids is 3. The van der Waals surface area contributed by atoms with Gasteiger partial charge in [0.25, 0.3) is 5.91 Å². The van der Waals surface area contributed by atoms with Crippen molar-refractivity contribution in [2.24, 2.45) is 5.73 Å². The maximum Gasteiger partial charge on any atom is 0.355 e. The van der Waals surface area contributed by atoms with Crippen molar-refractivity contribution in [1.82, 2.24) is 4.90 Å². The van der Waals surface area contributed by atoms with Crippen LogP contribution < -0.4 is 10.6 Å². The van der Waals surface area contributed by atoms with E-state index in [-0.39, 0.29) is 34.6 Å². The van der Waals surface area contributed by atoms with Crippen molar-refractivity contribution in [1.29, 1.82) is 5.26 Å². The van der Waals surface area contributed by atoms with E-state index >= 15 is 0 Å². The molecule has 1 aliphatic carbocycles. The van der Waals surface area contributed by atoms with Crippen molar-refractivity contribution in [2.45, 2.75) is 44.1 Å².